The lowest BCUT2D eigenvalue weighted by molar-refractivity contribution is 0.0697. The summed E-state index contributed by atoms with van der Waals surface area (Å²) in [5.41, 5.74) is 1.35. The van der Waals surface area contributed by atoms with E-state index in [1.165, 1.54) is 24.3 Å². The molecule has 0 aliphatic carbocycles. The molecule has 0 saturated carbocycles. The van der Waals surface area contributed by atoms with Crippen LogP contribution in [0.5, 0.6) is 0 Å². The zero-order chi connectivity index (χ0) is 12.1. The first-order valence-electron chi connectivity index (χ1n) is 5.90. The molecular formula is C13H17NO2S. The molecule has 1 saturated heterocycles. The smallest absolute Gasteiger partial charge is 0.335 e. The van der Waals surface area contributed by atoms with Gasteiger partial charge in [-0.15, -0.1) is 0 Å². The number of rotatable bonds is 4. The summed E-state index contributed by atoms with van der Waals surface area (Å²) >= 11 is 2.03. The van der Waals surface area contributed by atoms with Gasteiger partial charge in [-0.3, -0.25) is 0 Å². The molecule has 0 spiro atoms. The molecule has 0 amide bonds. The van der Waals surface area contributed by atoms with Crippen LogP contribution in [0.3, 0.4) is 0 Å². The van der Waals surface area contributed by atoms with E-state index in [4.69, 9.17) is 5.11 Å². The Bertz CT molecular complexity index is 372. The van der Waals surface area contributed by atoms with Gasteiger partial charge in [0, 0.05) is 12.2 Å². The second kappa shape index (κ2) is 5.96. The summed E-state index contributed by atoms with van der Waals surface area (Å²) < 4.78 is 0. The highest BCUT2D eigenvalue weighted by Gasteiger charge is 2.13. The van der Waals surface area contributed by atoms with Crippen LogP contribution in [-0.2, 0) is 0 Å². The minimum atomic E-state index is -0.874. The fraction of sp³-hybridized carbons (Fsp3) is 0.462. The second-order valence-corrected chi connectivity index (χ2v) is 5.54. The van der Waals surface area contributed by atoms with E-state index in [1.807, 2.05) is 23.9 Å². The first-order valence-corrected chi connectivity index (χ1v) is 7.06. The average molecular weight is 251 g/mol. The Balaban J connectivity index is 1.84. The molecule has 1 heterocycles. The molecule has 1 fully saturated rings. The van der Waals surface area contributed by atoms with Crippen molar-refractivity contribution in [2.24, 2.45) is 5.92 Å². The quantitative estimate of drug-likeness (QED) is 0.864. The molecule has 0 radical (unpaired) electrons. The topological polar surface area (TPSA) is 49.3 Å². The lowest BCUT2D eigenvalue weighted by Gasteiger charge is -2.22. The maximum Gasteiger partial charge on any atom is 0.335 e. The summed E-state index contributed by atoms with van der Waals surface area (Å²) in [7, 11) is 0. The van der Waals surface area contributed by atoms with Gasteiger partial charge in [-0.25, -0.2) is 4.79 Å². The van der Waals surface area contributed by atoms with Crippen molar-refractivity contribution in [2.45, 2.75) is 12.8 Å². The number of hydrogen-bond donors (Lipinski definition) is 2. The Hall–Kier alpha value is -1.16. The molecule has 1 aromatic rings. The first kappa shape index (κ1) is 12.3. The largest absolute Gasteiger partial charge is 0.478 e. The number of thioether (sulfide) groups is 1. The Kier molecular flexibility index (Phi) is 4.31. The van der Waals surface area contributed by atoms with Crippen LogP contribution in [0.1, 0.15) is 23.2 Å². The summed E-state index contributed by atoms with van der Waals surface area (Å²) in [5, 5.41) is 12.2. The fourth-order valence-corrected chi connectivity index (χ4v) is 3.15. The molecule has 2 rings (SSSR count). The Labute approximate surface area is 106 Å². The summed E-state index contributed by atoms with van der Waals surface area (Å²) in [6.45, 7) is 0.993. The van der Waals surface area contributed by atoms with E-state index in [1.54, 1.807) is 12.1 Å². The lowest BCUT2D eigenvalue weighted by atomic mass is 10.0. The third-order valence-corrected chi connectivity index (χ3v) is 4.12. The Morgan fingerprint density at radius 2 is 1.94 bits per heavy atom. The molecule has 0 atom stereocenters. The molecule has 1 aliphatic heterocycles. The molecule has 0 aromatic heterocycles. The molecule has 3 nitrogen and oxygen atoms in total. The van der Waals surface area contributed by atoms with Gasteiger partial charge in [0.05, 0.1) is 5.56 Å². The maximum absolute atomic E-state index is 10.7. The van der Waals surface area contributed by atoms with Crippen molar-refractivity contribution in [1.82, 2.24) is 0 Å². The predicted molar refractivity (Wildman–Crippen MR) is 71.9 cm³/mol. The molecule has 1 aliphatic rings. The van der Waals surface area contributed by atoms with Gasteiger partial charge in [0.1, 0.15) is 0 Å². The molecule has 1 aromatic carbocycles. The van der Waals surface area contributed by atoms with Crippen molar-refractivity contribution >= 4 is 23.4 Å². The Morgan fingerprint density at radius 3 is 2.53 bits per heavy atom. The predicted octanol–water partition coefficient (Wildman–Crippen LogP) is 2.94. The van der Waals surface area contributed by atoms with E-state index in [0.29, 0.717) is 5.56 Å². The zero-order valence-corrected chi connectivity index (χ0v) is 10.5. The number of nitrogens with one attached hydrogen (secondary N) is 1. The number of hydrogen-bond acceptors (Lipinski definition) is 3. The van der Waals surface area contributed by atoms with E-state index in [-0.39, 0.29) is 0 Å². The van der Waals surface area contributed by atoms with Gasteiger partial charge in [-0.2, -0.15) is 11.8 Å². The highest BCUT2D eigenvalue weighted by Crippen LogP contribution is 2.23. The van der Waals surface area contributed by atoms with Gasteiger partial charge < -0.3 is 10.4 Å². The average Bonchev–Trinajstić information content (AvgIpc) is 2.38. The first-order chi connectivity index (χ1) is 8.25. The molecule has 17 heavy (non-hydrogen) atoms. The number of benzene rings is 1. The monoisotopic (exact) mass is 251 g/mol. The molecule has 0 bridgehead atoms. The standard InChI is InChI=1S/C13H17NO2S/c15-13(16)11-1-3-12(4-2-11)14-9-10-5-7-17-8-6-10/h1-4,10,14H,5-9H2,(H,15,16). The SMILES string of the molecule is O=C(O)c1ccc(NCC2CCSCC2)cc1. The van der Waals surface area contributed by atoms with Crippen LogP contribution >= 0.6 is 11.8 Å². The third-order valence-electron chi connectivity index (χ3n) is 3.07. The number of carboxylic acids is 1. The highest BCUT2D eigenvalue weighted by molar-refractivity contribution is 7.99. The number of anilines is 1. The number of aromatic carboxylic acids is 1. The lowest BCUT2D eigenvalue weighted by Crippen LogP contribution is -2.19. The van der Waals surface area contributed by atoms with Crippen LogP contribution in [0.25, 0.3) is 0 Å². The van der Waals surface area contributed by atoms with Gasteiger partial charge in [-0.1, -0.05) is 0 Å². The molecular weight excluding hydrogens is 234 g/mol. The van der Waals surface area contributed by atoms with Crippen LogP contribution in [0.4, 0.5) is 5.69 Å². The van der Waals surface area contributed by atoms with Crippen LogP contribution in [0.2, 0.25) is 0 Å². The van der Waals surface area contributed by atoms with Gasteiger partial charge in [0.25, 0.3) is 0 Å². The van der Waals surface area contributed by atoms with Crippen molar-refractivity contribution < 1.29 is 9.90 Å². The van der Waals surface area contributed by atoms with Crippen LogP contribution in [0, 0.1) is 5.92 Å². The van der Waals surface area contributed by atoms with Crippen LogP contribution in [-0.4, -0.2) is 29.1 Å². The number of carboxylic acid groups (broad SMARTS) is 1. The van der Waals surface area contributed by atoms with Gasteiger partial charge in [0.15, 0.2) is 0 Å². The van der Waals surface area contributed by atoms with Gasteiger partial charge in [-0.05, 0) is 54.5 Å². The van der Waals surface area contributed by atoms with E-state index in [9.17, 15) is 4.79 Å². The fourth-order valence-electron chi connectivity index (χ4n) is 1.94. The van der Waals surface area contributed by atoms with Gasteiger partial charge in [0.2, 0.25) is 0 Å². The second-order valence-electron chi connectivity index (χ2n) is 4.32. The van der Waals surface area contributed by atoms with E-state index < -0.39 is 5.97 Å². The van der Waals surface area contributed by atoms with Crippen LogP contribution in [0.15, 0.2) is 24.3 Å². The number of carbonyl (C=O) groups is 1. The summed E-state index contributed by atoms with van der Waals surface area (Å²) in [5.74, 6) is 2.42. The minimum absolute atomic E-state index is 0.338. The van der Waals surface area contributed by atoms with Crippen molar-refractivity contribution in [1.29, 1.82) is 0 Å². The highest BCUT2D eigenvalue weighted by atomic mass is 32.2. The van der Waals surface area contributed by atoms with Crippen molar-refractivity contribution in [3.05, 3.63) is 29.8 Å². The normalized spacial score (nSPS) is 16.7. The summed E-state index contributed by atoms with van der Waals surface area (Å²) in [6, 6.07) is 6.95. The minimum Gasteiger partial charge on any atom is -0.478 e. The van der Waals surface area contributed by atoms with Crippen molar-refractivity contribution in [3.8, 4) is 0 Å². The molecule has 2 N–H and O–H groups in total. The van der Waals surface area contributed by atoms with E-state index >= 15 is 0 Å². The zero-order valence-electron chi connectivity index (χ0n) is 9.69. The van der Waals surface area contributed by atoms with E-state index in [2.05, 4.69) is 5.32 Å². The molecule has 4 heteroatoms. The van der Waals surface area contributed by atoms with Crippen molar-refractivity contribution in [3.63, 3.8) is 0 Å². The Morgan fingerprint density at radius 1 is 1.29 bits per heavy atom. The maximum atomic E-state index is 10.7. The van der Waals surface area contributed by atoms with Gasteiger partial charge >= 0.3 is 5.97 Å². The molecule has 0 unspecified atom stereocenters. The summed E-state index contributed by atoms with van der Waals surface area (Å²) in [6.07, 6.45) is 2.57. The summed E-state index contributed by atoms with van der Waals surface area (Å²) in [4.78, 5) is 10.7. The van der Waals surface area contributed by atoms with Crippen molar-refractivity contribution in [2.75, 3.05) is 23.4 Å². The molecule has 92 valence electrons. The van der Waals surface area contributed by atoms with Crippen LogP contribution < -0.4 is 5.32 Å². The van der Waals surface area contributed by atoms with E-state index in [0.717, 1.165) is 18.2 Å². The third kappa shape index (κ3) is 3.66.